The molecule has 3 nitrogen and oxygen atoms in total. The van der Waals surface area contributed by atoms with Crippen LogP contribution in [0.4, 0.5) is 0 Å². The summed E-state index contributed by atoms with van der Waals surface area (Å²) in [5, 5.41) is 2.71. The van der Waals surface area contributed by atoms with Gasteiger partial charge in [0.1, 0.15) is 0 Å². The second-order valence-electron chi connectivity index (χ2n) is 2.22. The van der Waals surface area contributed by atoms with Crippen LogP contribution in [0.3, 0.4) is 0 Å². The minimum Gasteiger partial charge on any atom is -0.348 e. The van der Waals surface area contributed by atoms with Crippen molar-refractivity contribution in [1.82, 2.24) is 10.3 Å². The number of aromatic nitrogens is 1. The first-order chi connectivity index (χ1) is 4.88. The number of nitrogens with zero attached hydrogens (tertiary/aromatic N) is 1. The lowest BCUT2D eigenvalue weighted by atomic mass is 10.2. The van der Waals surface area contributed by atoms with Gasteiger partial charge in [-0.3, -0.25) is 9.78 Å². The number of carbonyl (C=O) groups is 1. The van der Waals surface area contributed by atoms with Gasteiger partial charge in [-0.25, -0.2) is 0 Å². The maximum absolute atomic E-state index is 10.9. The molecule has 50 valence electrons. The van der Waals surface area contributed by atoms with Crippen LogP contribution < -0.4 is 5.32 Å². The third-order valence-corrected chi connectivity index (χ3v) is 1.60. The van der Waals surface area contributed by atoms with Crippen molar-refractivity contribution in [3.8, 4) is 0 Å². The summed E-state index contributed by atoms with van der Waals surface area (Å²) in [7, 11) is 0. The van der Waals surface area contributed by atoms with Crippen LogP contribution in [0.5, 0.6) is 0 Å². The highest BCUT2D eigenvalue weighted by Gasteiger charge is 2.17. The summed E-state index contributed by atoms with van der Waals surface area (Å²) in [5.74, 6) is -0.0110. The summed E-state index contributed by atoms with van der Waals surface area (Å²) in [6, 6.07) is 1.85. The van der Waals surface area contributed by atoms with E-state index in [1.165, 1.54) is 0 Å². The minimum absolute atomic E-state index is 0.0110. The van der Waals surface area contributed by atoms with E-state index < -0.39 is 0 Å². The second-order valence-corrected chi connectivity index (χ2v) is 2.22. The monoisotopic (exact) mass is 134 g/mol. The Hall–Kier alpha value is -1.38. The molecule has 1 amide bonds. The number of amides is 1. The van der Waals surface area contributed by atoms with Crippen LogP contribution in [0, 0.1) is 0 Å². The molecule has 0 aromatic carbocycles. The number of carbonyl (C=O) groups excluding carboxylic acids is 1. The van der Waals surface area contributed by atoms with Crippen molar-refractivity contribution in [2.45, 2.75) is 6.54 Å². The van der Waals surface area contributed by atoms with Crippen LogP contribution >= 0.6 is 0 Å². The fraction of sp³-hybridized carbons (Fsp3) is 0.143. The standard InChI is InChI=1S/C7H6N2O/c10-7-6-4-8-2-1-5(6)3-9-7/h1-2,4H,3H2,(H,9,10). The molecule has 0 radical (unpaired) electrons. The van der Waals surface area contributed by atoms with Crippen molar-refractivity contribution >= 4 is 5.91 Å². The van der Waals surface area contributed by atoms with E-state index in [0.717, 1.165) is 5.56 Å². The highest BCUT2D eigenvalue weighted by Crippen LogP contribution is 2.11. The maximum atomic E-state index is 10.9. The van der Waals surface area contributed by atoms with Gasteiger partial charge in [0, 0.05) is 18.9 Å². The number of hydrogen-bond acceptors (Lipinski definition) is 2. The van der Waals surface area contributed by atoms with Gasteiger partial charge in [-0.2, -0.15) is 0 Å². The molecule has 0 atom stereocenters. The molecule has 3 heteroatoms. The summed E-state index contributed by atoms with van der Waals surface area (Å²) in [6.07, 6.45) is 3.29. The fourth-order valence-corrected chi connectivity index (χ4v) is 1.05. The van der Waals surface area contributed by atoms with Crippen LogP contribution in [0.15, 0.2) is 18.5 Å². The van der Waals surface area contributed by atoms with Gasteiger partial charge in [-0.15, -0.1) is 0 Å². The lowest BCUT2D eigenvalue weighted by Crippen LogP contribution is -2.12. The fourth-order valence-electron chi connectivity index (χ4n) is 1.05. The van der Waals surface area contributed by atoms with Crippen molar-refractivity contribution in [3.63, 3.8) is 0 Å². The van der Waals surface area contributed by atoms with Gasteiger partial charge in [-0.1, -0.05) is 0 Å². The lowest BCUT2D eigenvalue weighted by molar-refractivity contribution is 0.0965. The van der Waals surface area contributed by atoms with Gasteiger partial charge in [0.05, 0.1) is 5.56 Å². The van der Waals surface area contributed by atoms with E-state index in [1.54, 1.807) is 12.4 Å². The molecule has 1 aliphatic rings. The lowest BCUT2D eigenvalue weighted by Gasteiger charge is -1.89. The van der Waals surface area contributed by atoms with E-state index >= 15 is 0 Å². The minimum atomic E-state index is -0.0110. The summed E-state index contributed by atoms with van der Waals surface area (Å²) in [4.78, 5) is 14.8. The molecule has 0 saturated carbocycles. The third-order valence-electron chi connectivity index (χ3n) is 1.60. The highest BCUT2D eigenvalue weighted by atomic mass is 16.1. The van der Waals surface area contributed by atoms with Gasteiger partial charge in [0.2, 0.25) is 0 Å². The van der Waals surface area contributed by atoms with Crippen LogP contribution in [-0.4, -0.2) is 10.9 Å². The number of hydrogen-bond donors (Lipinski definition) is 1. The highest BCUT2D eigenvalue weighted by molar-refractivity contribution is 5.97. The van der Waals surface area contributed by atoms with Gasteiger partial charge in [-0.05, 0) is 11.6 Å². The molecule has 0 fully saturated rings. The van der Waals surface area contributed by atoms with Gasteiger partial charge in [0.15, 0.2) is 0 Å². The first-order valence-electron chi connectivity index (χ1n) is 3.09. The molecule has 10 heavy (non-hydrogen) atoms. The molecule has 0 bridgehead atoms. The van der Waals surface area contributed by atoms with Crippen LogP contribution in [0.1, 0.15) is 15.9 Å². The smallest absolute Gasteiger partial charge is 0.253 e. The molecule has 1 N–H and O–H groups in total. The molecule has 0 aliphatic carbocycles. The average Bonchev–Trinajstić information content (AvgIpc) is 2.34. The number of pyridine rings is 1. The molecule has 0 unspecified atom stereocenters. The van der Waals surface area contributed by atoms with E-state index in [2.05, 4.69) is 10.3 Å². The Bertz CT molecular complexity index is 283. The normalized spacial score (nSPS) is 14.6. The van der Waals surface area contributed by atoms with Crippen molar-refractivity contribution in [2.75, 3.05) is 0 Å². The Morgan fingerprint density at radius 3 is 3.30 bits per heavy atom. The largest absolute Gasteiger partial charge is 0.348 e. The number of rotatable bonds is 0. The molecular formula is C7H6N2O. The summed E-state index contributed by atoms with van der Waals surface area (Å²) >= 11 is 0. The van der Waals surface area contributed by atoms with Gasteiger partial charge in [0.25, 0.3) is 5.91 Å². The molecule has 0 saturated heterocycles. The van der Waals surface area contributed by atoms with Crippen molar-refractivity contribution < 1.29 is 4.79 Å². The topological polar surface area (TPSA) is 42.0 Å². The van der Waals surface area contributed by atoms with Crippen LogP contribution in [0.25, 0.3) is 0 Å². The van der Waals surface area contributed by atoms with Crippen molar-refractivity contribution in [2.24, 2.45) is 0 Å². The Morgan fingerprint density at radius 2 is 2.50 bits per heavy atom. The molecule has 1 aliphatic heterocycles. The first kappa shape index (κ1) is 5.41. The summed E-state index contributed by atoms with van der Waals surface area (Å²) in [6.45, 7) is 0.649. The van der Waals surface area contributed by atoms with E-state index in [0.29, 0.717) is 12.1 Å². The van der Waals surface area contributed by atoms with E-state index in [1.807, 2.05) is 6.07 Å². The zero-order chi connectivity index (χ0) is 6.97. The van der Waals surface area contributed by atoms with E-state index in [-0.39, 0.29) is 5.91 Å². The SMILES string of the molecule is O=C1NCc2ccncc21. The Morgan fingerprint density at radius 1 is 1.60 bits per heavy atom. The zero-order valence-corrected chi connectivity index (χ0v) is 5.29. The van der Waals surface area contributed by atoms with Gasteiger partial charge >= 0.3 is 0 Å². The second kappa shape index (κ2) is 1.80. The predicted molar refractivity (Wildman–Crippen MR) is 35.4 cm³/mol. The third kappa shape index (κ3) is 0.603. The summed E-state index contributed by atoms with van der Waals surface area (Å²) < 4.78 is 0. The van der Waals surface area contributed by atoms with Crippen molar-refractivity contribution in [3.05, 3.63) is 29.6 Å². The van der Waals surface area contributed by atoms with Crippen molar-refractivity contribution in [1.29, 1.82) is 0 Å². The van der Waals surface area contributed by atoms with E-state index in [4.69, 9.17) is 0 Å². The molecule has 1 aromatic heterocycles. The molecule has 0 spiro atoms. The molecule has 2 heterocycles. The maximum Gasteiger partial charge on any atom is 0.253 e. The quantitative estimate of drug-likeness (QED) is 0.555. The Balaban J connectivity index is 2.61. The molecule has 1 aromatic rings. The summed E-state index contributed by atoms with van der Waals surface area (Å²) in [5.41, 5.74) is 1.75. The first-order valence-corrected chi connectivity index (χ1v) is 3.09. The Labute approximate surface area is 58.1 Å². The average molecular weight is 134 g/mol. The molecular weight excluding hydrogens is 128 g/mol. The number of fused-ring (bicyclic) bond motifs is 1. The molecule has 2 rings (SSSR count). The zero-order valence-electron chi connectivity index (χ0n) is 5.29. The van der Waals surface area contributed by atoms with E-state index in [9.17, 15) is 4.79 Å². The number of nitrogens with one attached hydrogen (secondary N) is 1. The van der Waals surface area contributed by atoms with Crippen LogP contribution in [-0.2, 0) is 6.54 Å². The van der Waals surface area contributed by atoms with Gasteiger partial charge < -0.3 is 5.32 Å². The Kier molecular flexibility index (Phi) is 0.974. The predicted octanol–water partition coefficient (Wildman–Crippen LogP) is 0.325. The van der Waals surface area contributed by atoms with Crippen LogP contribution in [0.2, 0.25) is 0 Å².